The van der Waals surface area contributed by atoms with Crippen LogP contribution in [0.1, 0.15) is 18.4 Å². The fourth-order valence-electron chi connectivity index (χ4n) is 1.63. The lowest BCUT2D eigenvalue weighted by atomic mass is 10.1. The van der Waals surface area contributed by atoms with E-state index in [2.05, 4.69) is 0 Å². The number of carbonyl (C=O) groups is 1. The van der Waals surface area contributed by atoms with Crippen molar-refractivity contribution in [3.63, 3.8) is 0 Å². The average molecular weight is 235 g/mol. The molecular weight excluding hydrogens is 218 g/mol. The Labute approximate surface area is 100 Å². The first-order valence-corrected chi connectivity index (χ1v) is 5.86. The Morgan fingerprint density at radius 3 is 2.82 bits per heavy atom. The van der Waals surface area contributed by atoms with Gasteiger partial charge in [0.05, 0.1) is 6.61 Å². The zero-order valence-corrected chi connectivity index (χ0v) is 9.63. The number of hydrogen-bond donors (Lipinski definition) is 2. The van der Waals surface area contributed by atoms with Gasteiger partial charge in [-0.05, 0) is 30.4 Å². The van der Waals surface area contributed by atoms with E-state index in [9.17, 15) is 4.79 Å². The van der Waals surface area contributed by atoms with Crippen LogP contribution in [0.25, 0.3) is 0 Å². The minimum atomic E-state index is -0.984. The lowest BCUT2D eigenvalue weighted by Crippen LogP contribution is -2.32. The molecule has 0 aromatic heterocycles. The molecular formula is C13H17NO3. The first-order valence-electron chi connectivity index (χ1n) is 5.86. The molecule has 0 aliphatic heterocycles. The van der Waals surface area contributed by atoms with Crippen molar-refractivity contribution < 1.29 is 14.6 Å². The number of nitrogens with two attached hydrogens (primary N) is 1. The van der Waals surface area contributed by atoms with Gasteiger partial charge in [-0.25, -0.2) is 0 Å². The molecule has 1 saturated carbocycles. The molecule has 0 radical (unpaired) electrons. The third kappa shape index (κ3) is 3.46. The van der Waals surface area contributed by atoms with Crippen LogP contribution < -0.4 is 10.5 Å². The van der Waals surface area contributed by atoms with Crippen LogP contribution in [0.4, 0.5) is 0 Å². The van der Waals surface area contributed by atoms with E-state index in [1.54, 1.807) is 0 Å². The molecule has 2 rings (SSSR count). The third-order valence-corrected chi connectivity index (χ3v) is 2.90. The molecule has 17 heavy (non-hydrogen) atoms. The van der Waals surface area contributed by atoms with Gasteiger partial charge in [-0.2, -0.15) is 0 Å². The lowest BCUT2D eigenvalue weighted by Gasteiger charge is -2.12. The second-order valence-corrected chi connectivity index (χ2v) is 4.51. The van der Waals surface area contributed by atoms with E-state index in [4.69, 9.17) is 15.6 Å². The van der Waals surface area contributed by atoms with Crippen LogP contribution in [0.2, 0.25) is 0 Å². The second kappa shape index (κ2) is 5.19. The van der Waals surface area contributed by atoms with E-state index in [0.717, 1.165) is 17.9 Å². The van der Waals surface area contributed by atoms with Crippen LogP contribution in [0, 0.1) is 5.92 Å². The molecule has 92 valence electrons. The molecule has 1 aromatic rings. The minimum absolute atomic E-state index is 0.302. The fourth-order valence-corrected chi connectivity index (χ4v) is 1.63. The van der Waals surface area contributed by atoms with Crippen molar-refractivity contribution in [1.82, 2.24) is 0 Å². The predicted molar refractivity (Wildman–Crippen MR) is 64.0 cm³/mol. The quantitative estimate of drug-likeness (QED) is 0.782. The largest absolute Gasteiger partial charge is 0.493 e. The Bertz CT molecular complexity index is 401. The summed E-state index contributed by atoms with van der Waals surface area (Å²) in [4.78, 5) is 10.7. The SMILES string of the molecule is NC(Cc1ccccc1OCC1CC1)C(=O)O. The van der Waals surface area contributed by atoms with Gasteiger partial charge < -0.3 is 15.6 Å². The molecule has 0 bridgehead atoms. The van der Waals surface area contributed by atoms with E-state index in [1.807, 2.05) is 24.3 Å². The van der Waals surface area contributed by atoms with Crippen molar-refractivity contribution in [1.29, 1.82) is 0 Å². The van der Waals surface area contributed by atoms with Crippen LogP contribution in [0.3, 0.4) is 0 Å². The van der Waals surface area contributed by atoms with Crippen molar-refractivity contribution in [3.8, 4) is 5.75 Å². The molecule has 0 spiro atoms. The maximum absolute atomic E-state index is 10.7. The first-order chi connectivity index (χ1) is 8.16. The van der Waals surface area contributed by atoms with Crippen molar-refractivity contribution in [2.24, 2.45) is 11.7 Å². The highest BCUT2D eigenvalue weighted by molar-refractivity contribution is 5.73. The van der Waals surface area contributed by atoms with Gasteiger partial charge in [0.2, 0.25) is 0 Å². The summed E-state index contributed by atoms with van der Waals surface area (Å²) in [5, 5.41) is 8.80. The van der Waals surface area contributed by atoms with E-state index in [-0.39, 0.29) is 0 Å². The monoisotopic (exact) mass is 235 g/mol. The first kappa shape index (κ1) is 11.9. The Morgan fingerprint density at radius 1 is 1.47 bits per heavy atom. The van der Waals surface area contributed by atoms with Crippen molar-refractivity contribution in [3.05, 3.63) is 29.8 Å². The Morgan fingerprint density at radius 2 is 2.18 bits per heavy atom. The fraction of sp³-hybridized carbons (Fsp3) is 0.462. The van der Waals surface area contributed by atoms with Gasteiger partial charge in [-0.15, -0.1) is 0 Å². The second-order valence-electron chi connectivity index (χ2n) is 4.51. The number of ether oxygens (including phenoxy) is 1. The van der Waals surface area contributed by atoms with E-state index < -0.39 is 12.0 Å². The molecule has 3 N–H and O–H groups in total. The Balaban J connectivity index is 2.00. The molecule has 0 heterocycles. The van der Waals surface area contributed by atoms with Crippen LogP contribution in [0.15, 0.2) is 24.3 Å². The standard InChI is InChI=1S/C13H17NO3/c14-11(13(15)16)7-10-3-1-2-4-12(10)17-8-9-5-6-9/h1-4,9,11H,5-8,14H2,(H,15,16). The summed E-state index contributed by atoms with van der Waals surface area (Å²) in [7, 11) is 0. The Kier molecular flexibility index (Phi) is 3.64. The van der Waals surface area contributed by atoms with E-state index in [1.165, 1.54) is 12.8 Å². The number of aliphatic carboxylic acids is 1. The molecule has 1 unspecified atom stereocenters. The molecule has 4 heteroatoms. The molecule has 0 amide bonds. The van der Waals surface area contributed by atoms with Gasteiger partial charge in [-0.3, -0.25) is 4.79 Å². The van der Waals surface area contributed by atoms with Crippen molar-refractivity contribution in [2.45, 2.75) is 25.3 Å². The predicted octanol–water partition coefficient (Wildman–Crippen LogP) is 1.43. The summed E-state index contributed by atoms with van der Waals surface area (Å²) in [6.07, 6.45) is 2.77. The minimum Gasteiger partial charge on any atom is -0.493 e. The smallest absolute Gasteiger partial charge is 0.320 e. The zero-order valence-electron chi connectivity index (χ0n) is 9.63. The highest BCUT2D eigenvalue weighted by atomic mass is 16.5. The summed E-state index contributed by atoms with van der Waals surface area (Å²) < 4.78 is 5.69. The maximum atomic E-state index is 10.7. The average Bonchev–Trinajstić information content (AvgIpc) is 3.11. The number of carboxylic acid groups (broad SMARTS) is 1. The third-order valence-electron chi connectivity index (χ3n) is 2.90. The number of benzene rings is 1. The lowest BCUT2D eigenvalue weighted by molar-refractivity contribution is -0.138. The van der Waals surface area contributed by atoms with Crippen LogP contribution >= 0.6 is 0 Å². The molecule has 1 aromatic carbocycles. The van der Waals surface area contributed by atoms with Crippen molar-refractivity contribution in [2.75, 3.05) is 6.61 Å². The zero-order chi connectivity index (χ0) is 12.3. The number of para-hydroxylation sites is 1. The topological polar surface area (TPSA) is 72.5 Å². The maximum Gasteiger partial charge on any atom is 0.320 e. The number of rotatable bonds is 6. The summed E-state index contributed by atoms with van der Waals surface area (Å²) in [6.45, 7) is 0.722. The van der Waals surface area contributed by atoms with Gasteiger partial charge in [0.25, 0.3) is 0 Å². The van der Waals surface area contributed by atoms with E-state index >= 15 is 0 Å². The normalized spacial score (nSPS) is 16.5. The summed E-state index contributed by atoms with van der Waals surface area (Å²) >= 11 is 0. The van der Waals surface area contributed by atoms with Crippen molar-refractivity contribution >= 4 is 5.97 Å². The highest BCUT2D eigenvalue weighted by Crippen LogP contribution is 2.30. The van der Waals surface area contributed by atoms with Crippen LogP contribution in [0.5, 0.6) is 5.75 Å². The molecule has 1 fully saturated rings. The number of hydrogen-bond acceptors (Lipinski definition) is 3. The Hall–Kier alpha value is -1.55. The summed E-state index contributed by atoms with van der Waals surface area (Å²) in [5.74, 6) is 0.453. The molecule has 1 atom stereocenters. The number of carboxylic acids is 1. The van der Waals surface area contributed by atoms with Gasteiger partial charge in [0.15, 0.2) is 0 Å². The van der Waals surface area contributed by atoms with Gasteiger partial charge >= 0.3 is 5.97 Å². The van der Waals surface area contributed by atoms with Gasteiger partial charge in [-0.1, -0.05) is 18.2 Å². The molecule has 1 aliphatic carbocycles. The highest BCUT2D eigenvalue weighted by Gasteiger charge is 2.22. The van der Waals surface area contributed by atoms with E-state index in [0.29, 0.717) is 12.3 Å². The van der Waals surface area contributed by atoms with Gasteiger partial charge in [0.1, 0.15) is 11.8 Å². The van der Waals surface area contributed by atoms with Crippen LogP contribution in [-0.2, 0) is 11.2 Å². The molecule has 4 nitrogen and oxygen atoms in total. The summed E-state index contributed by atoms with van der Waals surface area (Å²) in [5.41, 5.74) is 6.39. The molecule has 1 aliphatic rings. The summed E-state index contributed by atoms with van der Waals surface area (Å²) in [6, 6.07) is 6.61. The van der Waals surface area contributed by atoms with Crippen LogP contribution in [-0.4, -0.2) is 23.7 Å². The van der Waals surface area contributed by atoms with Gasteiger partial charge in [0, 0.05) is 6.42 Å². The molecule has 0 saturated heterocycles.